The fraction of sp³-hybridized carbons (Fsp3) is 1.00. The molecule has 0 radical (unpaired) electrons. The Morgan fingerprint density at radius 3 is 2.12 bits per heavy atom. The minimum atomic E-state index is -0.451. The molecule has 0 unspecified atom stereocenters. The Labute approximate surface area is 149 Å². The molecule has 2 spiro atoms. The summed E-state index contributed by atoms with van der Waals surface area (Å²) in [6.45, 7) is 0.565. The van der Waals surface area contributed by atoms with Crippen molar-refractivity contribution in [1.29, 1.82) is 0 Å². The molecule has 0 N–H and O–H groups in total. The summed E-state index contributed by atoms with van der Waals surface area (Å²) in [6.07, 6.45) is 10.1. The molecular weight excluding hydrogens is 324 g/mol. The summed E-state index contributed by atoms with van der Waals surface area (Å²) in [4.78, 5) is 0. The van der Waals surface area contributed by atoms with E-state index in [1.165, 1.54) is 25.7 Å². The summed E-state index contributed by atoms with van der Waals surface area (Å²) < 4.78 is 37.1. The van der Waals surface area contributed by atoms with Crippen molar-refractivity contribution in [3.8, 4) is 0 Å². The van der Waals surface area contributed by atoms with E-state index < -0.39 is 11.6 Å². The predicted molar refractivity (Wildman–Crippen MR) is 87.9 cm³/mol. The average Bonchev–Trinajstić information content (AvgIpc) is 3.27. The number of hydrogen-bond acceptors (Lipinski definition) is 6. The van der Waals surface area contributed by atoms with E-state index in [1.54, 1.807) is 7.11 Å². The van der Waals surface area contributed by atoms with Crippen LogP contribution in [0.15, 0.2) is 0 Å². The van der Waals surface area contributed by atoms with Gasteiger partial charge in [0.1, 0.15) is 24.4 Å². The highest BCUT2D eigenvalue weighted by molar-refractivity contribution is 5.01. The molecule has 3 heterocycles. The first-order valence-corrected chi connectivity index (χ1v) is 10.1. The van der Waals surface area contributed by atoms with Crippen molar-refractivity contribution in [2.45, 2.75) is 106 Å². The fourth-order valence-corrected chi connectivity index (χ4v) is 5.34. The van der Waals surface area contributed by atoms with Crippen LogP contribution in [0.3, 0.4) is 0 Å². The molecule has 0 aromatic rings. The Kier molecular flexibility index (Phi) is 4.34. The molecule has 142 valence electrons. The molecule has 3 aliphatic heterocycles. The molecule has 5 fully saturated rings. The zero-order chi connectivity index (χ0) is 16.9. The maximum Gasteiger partial charge on any atom is 0.190 e. The zero-order valence-corrected chi connectivity index (χ0v) is 15.1. The molecule has 0 aromatic heterocycles. The van der Waals surface area contributed by atoms with Crippen LogP contribution in [-0.4, -0.2) is 56.0 Å². The van der Waals surface area contributed by atoms with Gasteiger partial charge in [0.25, 0.3) is 0 Å². The third-order valence-electron chi connectivity index (χ3n) is 6.64. The van der Waals surface area contributed by atoms with Crippen LogP contribution in [0, 0.1) is 0 Å². The lowest BCUT2D eigenvalue weighted by molar-refractivity contribution is -0.261. The number of rotatable bonds is 2. The quantitative estimate of drug-likeness (QED) is 0.760. The lowest BCUT2D eigenvalue weighted by Crippen LogP contribution is -2.45. The normalized spacial score (nSPS) is 45.2. The number of methoxy groups -OCH3 is 1. The topological polar surface area (TPSA) is 55.4 Å². The van der Waals surface area contributed by atoms with Gasteiger partial charge in [0.05, 0.1) is 6.61 Å². The molecular formula is C19H30O6. The van der Waals surface area contributed by atoms with Gasteiger partial charge in [0, 0.05) is 32.8 Å². The van der Waals surface area contributed by atoms with Gasteiger partial charge in [-0.3, -0.25) is 0 Å². The van der Waals surface area contributed by atoms with Gasteiger partial charge in [-0.1, -0.05) is 12.8 Å². The summed E-state index contributed by atoms with van der Waals surface area (Å²) in [5, 5.41) is 0. The first kappa shape index (κ1) is 16.9. The van der Waals surface area contributed by atoms with Gasteiger partial charge in [-0.05, 0) is 25.7 Å². The summed E-state index contributed by atoms with van der Waals surface area (Å²) in [5.74, 6) is -0.846. The van der Waals surface area contributed by atoms with Crippen LogP contribution in [0.25, 0.3) is 0 Å². The van der Waals surface area contributed by atoms with Crippen molar-refractivity contribution in [1.82, 2.24) is 0 Å². The Bertz CT molecular complexity index is 484. The largest absolute Gasteiger partial charge is 0.376 e. The molecule has 5 atom stereocenters. The van der Waals surface area contributed by atoms with Crippen molar-refractivity contribution < 1.29 is 28.4 Å². The summed E-state index contributed by atoms with van der Waals surface area (Å²) in [5.41, 5.74) is 0. The number of hydrogen-bond donors (Lipinski definition) is 0. The minimum Gasteiger partial charge on any atom is -0.376 e. The highest BCUT2D eigenvalue weighted by Crippen LogP contribution is 2.48. The van der Waals surface area contributed by atoms with Gasteiger partial charge in [0.2, 0.25) is 0 Å². The Morgan fingerprint density at radius 1 is 0.760 bits per heavy atom. The standard InChI is InChI=1S/C19H30O6/c1-20-15-14(13-12-21-18(23-13)8-4-2-5-9-18)22-17-16(15)24-19(25-17)10-6-3-7-11-19/h13-17H,2-12H2,1H3/t13-,14+,15+,16+,17-/m0/s1. The maximum atomic E-state index is 6.38. The summed E-state index contributed by atoms with van der Waals surface area (Å²) in [7, 11) is 1.73. The first-order chi connectivity index (χ1) is 12.2. The van der Waals surface area contributed by atoms with E-state index >= 15 is 0 Å². The molecule has 5 aliphatic rings. The highest BCUT2D eigenvalue weighted by atomic mass is 16.8. The smallest absolute Gasteiger partial charge is 0.190 e. The molecule has 5 rings (SSSR count). The molecule has 3 saturated heterocycles. The highest BCUT2D eigenvalue weighted by Gasteiger charge is 2.61. The molecule has 2 aliphatic carbocycles. The minimum absolute atomic E-state index is 0.108. The van der Waals surface area contributed by atoms with Crippen LogP contribution in [0.2, 0.25) is 0 Å². The van der Waals surface area contributed by atoms with Gasteiger partial charge in [-0.15, -0.1) is 0 Å². The van der Waals surface area contributed by atoms with E-state index in [0.717, 1.165) is 38.5 Å². The lowest BCUT2D eigenvalue weighted by atomic mass is 9.94. The summed E-state index contributed by atoms with van der Waals surface area (Å²) in [6, 6.07) is 0. The van der Waals surface area contributed by atoms with E-state index in [9.17, 15) is 0 Å². The van der Waals surface area contributed by atoms with Crippen LogP contribution >= 0.6 is 0 Å². The van der Waals surface area contributed by atoms with Crippen LogP contribution in [0.1, 0.15) is 64.2 Å². The first-order valence-electron chi connectivity index (χ1n) is 10.1. The van der Waals surface area contributed by atoms with Crippen LogP contribution < -0.4 is 0 Å². The predicted octanol–water partition coefficient (Wildman–Crippen LogP) is 2.88. The van der Waals surface area contributed by atoms with Gasteiger partial charge in [-0.25, -0.2) is 0 Å². The number of ether oxygens (including phenoxy) is 6. The molecule has 25 heavy (non-hydrogen) atoms. The van der Waals surface area contributed by atoms with Crippen LogP contribution in [0.4, 0.5) is 0 Å². The average molecular weight is 354 g/mol. The van der Waals surface area contributed by atoms with Gasteiger partial charge < -0.3 is 28.4 Å². The number of fused-ring (bicyclic) bond motifs is 1. The molecule has 0 aromatic carbocycles. The van der Waals surface area contributed by atoms with E-state index in [4.69, 9.17) is 28.4 Å². The second-order valence-electron chi connectivity index (χ2n) is 8.28. The van der Waals surface area contributed by atoms with E-state index in [2.05, 4.69) is 0 Å². The van der Waals surface area contributed by atoms with Crippen molar-refractivity contribution >= 4 is 0 Å². The monoisotopic (exact) mass is 354 g/mol. The SMILES string of the molecule is CO[C@H]1[C@H]2OC3(CCCCC3)O[C@@H]2O[C@@H]1[C@@H]1COC2(CCCCC2)O1. The maximum absolute atomic E-state index is 6.38. The fourth-order valence-electron chi connectivity index (χ4n) is 5.34. The van der Waals surface area contributed by atoms with Crippen molar-refractivity contribution in [2.24, 2.45) is 0 Å². The van der Waals surface area contributed by atoms with Gasteiger partial charge in [-0.2, -0.15) is 0 Å². The molecule has 0 amide bonds. The van der Waals surface area contributed by atoms with Gasteiger partial charge in [0.15, 0.2) is 17.9 Å². The third kappa shape index (κ3) is 2.86. The van der Waals surface area contributed by atoms with Crippen LogP contribution in [0.5, 0.6) is 0 Å². The van der Waals surface area contributed by atoms with E-state index in [-0.39, 0.29) is 30.7 Å². The Morgan fingerprint density at radius 2 is 1.44 bits per heavy atom. The van der Waals surface area contributed by atoms with Crippen molar-refractivity contribution in [2.75, 3.05) is 13.7 Å². The Hall–Kier alpha value is -0.240. The van der Waals surface area contributed by atoms with E-state index in [0.29, 0.717) is 6.61 Å². The summed E-state index contributed by atoms with van der Waals surface area (Å²) >= 11 is 0. The molecule has 2 saturated carbocycles. The van der Waals surface area contributed by atoms with E-state index in [1.807, 2.05) is 0 Å². The lowest BCUT2D eigenvalue weighted by Gasteiger charge is -2.35. The van der Waals surface area contributed by atoms with Crippen molar-refractivity contribution in [3.05, 3.63) is 0 Å². The third-order valence-corrected chi connectivity index (χ3v) is 6.64. The van der Waals surface area contributed by atoms with Gasteiger partial charge >= 0.3 is 0 Å². The van der Waals surface area contributed by atoms with Crippen LogP contribution in [-0.2, 0) is 28.4 Å². The molecule has 6 heteroatoms. The Balaban J connectivity index is 1.27. The second kappa shape index (κ2) is 6.43. The molecule has 0 bridgehead atoms. The zero-order valence-electron chi connectivity index (χ0n) is 15.1. The van der Waals surface area contributed by atoms with Crippen molar-refractivity contribution in [3.63, 3.8) is 0 Å². The molecule has 6 nitrogen and oxygen atoms in total. The second-order valence-corrected chi connectivity index (χ2v) is 8.28.